The van der Waals surface area contributed by atoms with Gasteiger partial charge in [-0.1, -0.05) is 44.7 Å². The van der Waals surface area contributed by atoms with Crippen LogP contribution in [0.5, 0.6) is 0 Å². The van der Waals surface area contributed by atoms with Crippen molar-refractivity contribution < 1.29 is 9.59 Å². The molecule has 1 aromatic rings. The molecule has 28 heavy (non-hydrogen) atoms. The Bertz CT molecular complexity index is 715. The highest BCUT2D eigenvalue weighted by Gasteiger charge is 2.40. The topological polar surface area (TPSA) is 49.4 Å². The highest BCUT2D eigenvalue weighted by molar-refractivity contribution is 5.90. The van der Waals surface area contributed by atoms with E-state index in [1.54, 1.807) is 6.92 Å². The lowest BCUT2D eigenvalue weighted by molar-refractivity contribution is -0.139. The molecule has 1 aromatic carbocycles. The van der Waals surface area contributed by atoms with E-state index in [1.807, 2.05) is 4.90 Å². The van der Waals surface area contributed by atoms with Gasteiger partial charge in [-0.15, -0.1) is 0 Å². The quantitative estimate of drug-likeness (QED) is 0.742. The molecule has 0 spiro atoms. The number of nitrogens with zero attached hydrogens (tertiary/aromatic N) is 1. The van der Waals surface area contributed by atoms with E-state index in [0.717, 1.165) is 44.2 Å². The molecule has 1 amide bonds. The maximum Gasteiger partial charge on any atom is 0.245 e. The first-order valence-corrected chi connectivity index (χ1v) is 10.7. The third kappa shape index (κ3) is 4.65. The molecular weight excluding hydrogens is 348 g/mol. The number of amides is 1. The van der Waals surface area contributed by atoms with Gasteiger partial charge in [-0.3, -0.25) is 9.59 Å². The van der Waals surface area contributed by atoms with Crippen LogP contribution in [-0.2, 0) is 22.4 Å². The van der Waals surface area contributed by atoms with Gasteiger partial charge in [-0.05, 0) is 68.4 Å². The molecule has 0 bridgehead atoms. The van der Waals surface area contributed by atoms with Crippen molar-refractivity contribution in [3.63, 3.8) is 0 Å². The molecule has 1 saturated heterocycles. The second-order valence-corrected chi connectivity index (χ2v) is 8.90. The number of hydrogen-bond acceptors (Lipinski definition) is 3. The lowest BCUT2D eigenvalue weighted by Gasteiger charge is -2.32. The van der Waals surface area contributed by atoms with Gasteiger partial charge < -0.3 is 10.2 Å². The smallest absolute Gasteiger partial charge is 0.245 e. The Kier molecular flexibility index (Phi) is 6.58. The third-order valence-corrected chi connectivity index (χ3v) is 6.21. The van der Waals surface area contributed by atoms with Crippen molar-refractivity contribution in [3.05, 3.63) is 47.7 Å². The number of ketones is 1. The molecule has 2 unspecified atom stereocenters. The Balaban J connectivity index is 1.77. The summed E-state index contributed by atoms with van der Waals surface area (Å²) in [5.41, 5.74) is 3.61. The van der Waals surface area contributed by atoms with Gasteiger partial charge in [0.2, 0.25) is 5.91 Å². The average Bonchev–Trinajstić information content (AvgIpc) is 3.30. The fourth-order valence-corrected chi connectivity index (χ4v) is 4.60. The van der Waals surface area contributed by atoms with Crippen molar-refractivity contribution >= 4 is 11.7 Å². The molecule has 4 heteroatoms. The average molecular weight is 383 g/mol. The van der Waals surface area contributed by atoms with Gasteiger partial charge in [0.05, 0.1) is 6.04 Å². The number of likely N-dealkylation sites (tertiary alicyclic amines) is 1. The van der Waals surface area contributed by atoms with E-state index in [4.69, 9.17) is 0 Å². The van der Waals surface area contributed by atoms with Crippen molar-refractivity contribution in [2.45, 2.75) is 71.4 Å². The fourth-order valence-electron chi connectivity index (χ4n) is 4.60. The molecule has 4 nitrogen and oxygen atoms in total. The van der Waals surface area contributed by atoms with E-state index >= 15 is 0 Å². The van der Waals surface area contributed by atoms with Crippen molar-refractivity contribution in [1.29, 1.82) is 0 Å². The normalized spacial score (nSPS) is 20.3. The molecule has 0 saturated carbocycles. The van der Waals surface area contributed by atoms with Crippen LogP contribution in [0.1, 0.15) is 57.6 Å². The van der Waals surface area contributed by atoms with Gasteiger partial charge in [0.1, 0.15) is 6.04 Å². The maximum atomic E-state index is 13.5. The minimum Gasteiger partial charge on any atom is -0.377 e. The van der Waals surface area contributed by atoms with E-state index in [2.05, 4.69) is 50.0 Å². The lowest BCUT2D eigenvalue weighted by Crippen LogP contribution is -2.53. The van der Waals surface area contributed by atoms with Crippen LogP contribution in [0.25, 0.3) is 0 Å². The molecule has 2 aliphatic rings. The number of carbonyl (C=O) groups excluding carboxylic acids is 2. The molecule has 3 rings (SSSR count). The third-order valence-electron chi connectivity index (χ3n) is 6.21. The first-order chi connectivity index (χ1) is 13.4. The SMILES string of the molecule is C=C(CCC(C)C)NC(C(=O)N1CCCC1C(C)=O)C1Cc2ccccc2C1. The maximum absolute atomic E-state index is 13.5. The van der Waals surface area contributed by atoms with Crippen LogP contribution in [0.4, 0.5) is 0 Å². The molecule has 1 N–H and O–H groups in total. The molecule has 152 valence electrons. The Morgan fingerprint density at radius 3 is 2.43 bits per heavy atom. The summed E-state index contributed by atoms with van der Waals surface area (Å²) in [5.74, 6) is 0.970. The molecular formula is C24H34N2O2. The van der Waals surface area contributed by atoms with Crippen molar-refractivity contribution in [3.8, 4) is 0 Å². The second kappa shape index (κ2) is 8.93. The van der Waals surface area contributed by atoms with Crippen LogP contribution in [0.2, 0.25) is 0 Å². The summed E-state index contributed by atoms with van der Waals surface area (Å²) in [6.45, 7) is 10.9. The molecule has 1 fully saturated rings. The number of rotatable bonds is 8. The lowest BCUT2D eigenvalue weighted by atomic mass is 9.94. The zero-order chi connectivity index (χ0) is 20.3. The molecule has 0 aromatic heterocycles. The van der Waals surface area contributed by atoms with E-state index in [-0.39, 0.29) is 29.7 Å². The number of hydrogen-bond donors (Lipinski definition) is 1. The number of benzene rings is 1. The summed E-state index contributed by atoms with van der Waals surface area (Å²) < 4.78 is 0. The minimum atomic E-state index is -0.313. The van der Waals surface area contributed by atoms with Crippen LogP contribution in [0.3, 0.4) is 0 Å². The van der Waals surface area contributed by atoms with Gasteiger partial charge in [0.25, 0.3) is 0 Å². The summed E-state index contributed by atoms with van der Waals surface area (Å²) in [6, 6.07) is 7.90. The van der Waals surface area contributed by atoms with E-state index < -0.39 is 0 Å². The standard InChI is InChI=1S/C24H34N2O2/c1-16(2)11-12-17(3)25-23(21-14-19-8-5-6-9-20(19)15-21)24(28)26-13-7-10-22(26)18(4)27/h5-6,8-9,16,21-23,25H,3,7,10-15H2,1-2,4H3. The summed E-state index contributed by atoms with van der Waals surface area (Å²) in [4.78, 5) is 27.4. The highest BCUT2D eigenvalue weighted by Crippen LogP contribution is 2.31. The zero-order valence-electron chi connectivity index (χ0n) is 17.5. The number of carbonyl (C=O) groups is 2. The van der Waals surface area contributed by atoms with Crippen LogP contribution in [-0.4, -0.2) is 35.2 Å². The molecule has 0 radical (unpaired) electrons. The van der Waals surface area contributed by atoms with Crippen molar-refractivity contribution in [2.24, 2.45) is 11.8 Å². The molecule has 2 atom stereocenters. The first kappa shape index (κ1) is 20.6. The van der Waals surface area contributed by atoms with Gasteiger partial charge in [0.15, 0.2) is 5.78 Å². The number of Topliss-reactive ketones (excluding diaryl/α,β-unsaturated/α-hetero) is 1. The predicted molar refractivity (Wildman–Crippen MR) is 113 cm³/mol. The number of nitrogens with one attached hydrogen (secondary N) is 1. The number of allylic oxidation sites excluding steroid dienone is 1. The first-order valence-electron chi connectivity index (χ1n) is 10.7. The van der Waals surface area contributed by atoms with Crippen LogP contribution < -0.4 is 5.32 Å². The van der Waals surface area contributed by atoms with Crippen LogP contribution in [0, 0.1) is 11.8 Å². The zero-order valence-corrected chi connectivity index (χ0v) is 17.5. The van der Waals surface area contributed by atoms with E-state index in [0.29, 0.717) is 12.5 Å². The summed E-state index contributed by atoms with van der Waals surface area (Å²) >= 11 is 0. The molecule has 1 aliphatic carbocycles. The van der Waals surface area contributed by atoms with Crippen molar-refractivity contribution in [1.82, 2.24) is 10.2 Å². The number of fused-ring (bicyclic) bond motifs is 1. The Morgan fingerprint density at radius 2 is 1.86 bits per heavy atom. The summed E-state index contributed by atoms with van der Waals surface area (Å²) in [5, 5.41) is 3.49. The van der Waals surface area contributed by atoms with E-state index in [1.165, 1.54) is 11.1 Å². The Hall–Kier alpha value is -2.10. The van der Waals surface area contributed by atoms with E-state index in [9.17, 15) is 9.59 Å². The van der Waals surface area contributed by atoms with Crippen molar-refractivity contribution in [2.75, 3.05) is 6.54 Å². The van der Waals surface area contributed by atoms with Crippen LogP contribution >= 0.6 is 0 Å². The van der Waals surface area contributed by atoms with Gasteiger partial charge in [-0.2, -0.15) is 0 Å². The fraction of sp³-hybridized carbons (Fsp3) is 0.583. The monoisotopic (exact) mass is 382 g/mol. The Morgan fingerprint density at radius 1 is 1.21 bits per heavy atom. The van der Waals surface area contributed by atoms with Crippen LogP contribution in [0.15, 0.2) is 36.5 Å². The minimum absolute atomic E-state index is 0.0706. The summed E-state index contributed by atoms with van der Waals surface area (Å²) in [7, 11) is 0. The second-order valence-electron chi connectivity index (χ2n) is 8.90. The molecule has 1 aliphatic heterocycles. The molecule has 1 heterocycles. The van der Waals surface area contributed by atoms with Gasteiger partial charge in [0, 0.05) is 12.2 Å². The largest absolute Gasteiger partial charge is 0.377 e. The Labute approximate surface area is 169 Å². The van der Waals surface area contributed by atoms with Gasteiger partial charge >= 0.3 is 0 Å². The summed E-state index contributed by atoms with van der Waals surface area (Å²) in [6.07, 6.45) is 5.41. The highest BCUT2D eigenvalue weighted by atomic mass is 16.2. The van der Waals surface area contributed by atoms with Gasteiger partial charge in [-0.25, -0.2) is 0 Å². The predicted octanol–water partition coefficient (Wildman–Crippen LogP) is 3.89.